The van der Waals surface area contributed by atoms with Crippen LogP contribution < -0.4 is 10.6 Å². The molecule has 0 aliphatic carbocycles. The summed E-state index contributed by atoms with van der Waals surface area (Å²) in [5.74, 6) is -0.702. The number of carbonyl (C=O) groups is 2. The van der Waals surface area contributed by atoms with E-state index in [0.29, 0.717) is 26.1 Å². The third-order valence-corrected chi connectivity index (χ3v) is 5.87. The van der Waals surface area contributed by atoms with Crippen LogP contribution in [-0.4, -0.2) is 52.9 Å². The standard InChI is InChI=1S/C18H25N5O3S2/c1-9-13(17(25)26-7)15(28-14(9)16(24)22(4)5)21-18(27)20-10(2)12-8-19-23(6)11(12)3/h8,10H,1-7H3,(H2,20,21,27). The molecule has 152 valence electrons. The van der Waals surface area contributed by atoms with Crippen LogP contribution in [0.2, 0.25) is 0 Å². The molecular weight excluding hydrogens is 398 g/mol. The largest absolute Gasteiger partial charge is 0.465 e. The number of thiocarbonyl (C=S) groups is 1. The number of nitrogens with one attached hydrogen (secondary N) is 2. The lowest BCUT2D eigenvalue weighted by atomic mass is 10.1. The Labute approximate surface area is 173 Å². The topological polar surface area (TPSA) is 88.5 Å². The monoisotopic (exact) mass is 423 g/mol. The molecule has 0 radical (unpaired) electrons. The molecule has 2 rings (SSSR count). The van der Waals surface area contributed by atoms with Crippen molar-refractivity contribution in [1.82, 2.24) is 20.0 Å². The summed E-state index contributed by atoms with van der Waals surface area (Å²) in [6, 6.07) is -0.0841. The first kappa shape index (κ1) is 21.8. The molecule has 0 saturated heterocycles. The van der Waals surface area contributed by atoms with Gasteiger partial charge in [-0.05, 0) is 38.6 Å². The molecule has 2 aromatic heterocycles. The van der Waals surface area contributed by atoms with Gasteiger partial charge in [0.25, 0.3) is 5.91 Å². The maximum atomic E-state index is 12.4. The summed E-state index contributed by atoms with van der Waals surface area (Å²) in [5.41, 5.74) is 2.93. The normalized spacial score (nSPS) is 11.7. The minimum absolute atomic E-state index is 0.0841. The number of carbonyl (C=O) groups excluding carboxylic acids is 2. The summed E-state index contributed by atoms with van der Waals surface area (Å²) in [5, 5.41) is 11.3. The second-order valence-corrected chi connectivity index (χ2v) is 8.01. The summed E-state index contributed by atoms with van der Waals surface area (Å²) in [4.78, 5) is 26.6. The van der Waals surface area contributed by atoms with Crippen molar-refractivity contribution in [3.8, 4) is 0 Å². The molecule has 0 bridgehead atoms. The third kappa shape index (κ3) is 4.33. The molecule has 0 aliphatic rings. The predicted octanol–water partition coefficient (Wildman–Crippen LogP) is 2.63. The van der Waals surface area contributed by atoms with Crippen LogP contribution in [-0.2, 0) is 11.8 Å². The first-order valence-corrected chi connectivity index (χ1v) is 9.80. The highest BCUT2D eigenvalue weighted by Crippen LogP contribution is 2.34. The zero-order valence-corrected chi connectivity index (χ0v) is 18.7. The average Bonchev–Trinajstić information content (AvgIpc) is 3.13. The predicted molar refractivity (Wildman–Crippen MR) is 114 cm³/mol. The van der Waals surface area contributed by atoms with Crippen molar-refractivity contribution in [3.05, 3.63) is 33.5 Å². The van der Waals surface area contributed by atoms with E-state index in [1.807, 2.05) is 20.9 Å². The Morgan fingerprint density at radius 3 is 2.50 bits per heavy atom. The van der Waals surface area contributed by atoms with E-state index in [1.165, 1.54) is 23.3 Å². The van der Waals surface area contributed by atoms with Gasteiger partial charge in [-0.1, -0.05) is 0 Å². The van der Waals surface area contributed by atoms with Crippen molar-refractivity contribution in [3.63, 3.8) is 0 Å². The zero-order valence-electron chi connectivity index (χ0n) is 17.0. The van der Waals surface area contributed by atoms with Crippen LogP contribution in [0.4, 0.5) is 5.00 Å². The number of ether oxygens (including phenoxy) is 1. The summed E-state index contributed by atoms with van der Waals surface area (Å²) >= 11 is 6.60. The number of hydrogen-bond donors (Lipinski definition) is 2. The molecule has 2 heterocycles. The van der Waals surface area contributed by atoms with Gasteiger partial charge in [0.05, 0.1) is 29.8 Å². The minimum atomic E-state index is -0.520. The maximum Gasteiger partial charge on any atom is 0.341 e. The lowest BCUT2D eigenvalue weighted by molar-refractivity contribution is 0.0601. The number of amides is 1. The lowest BCUT2D eigenvalue weighted by Crippen LogP contribution is -2.31. The van der Waals surface area contributed by atoms with Crippen LogP contribution in [0.5, 0.6) is 0 Å². The highest BCUT2D eigenvalue weighted by molar-refractivity contribution is 7.80. The first-order valence-electron chi connectivity index (χ1n) is 8.57. The molecule has 0 spiro atoms. The molecule has 0 fully saturated rings. The van der Waals surface area contributed by atoms with Gasteiger partial charge < -0.3 is 20.3 Å². The summed E-state index contributed by atoms with van der Waals surface area (Å²) in [6.07, 6.45) is 1.79. The fraction of sp³-hybridized carbons (Fsp3) is 0.444. The van der Waals surface area contributed by atoms with Crippen molar-refractivity contribution >= 4 is 45.5 Å². The second-order valence-electron chi connectivity index (χ2n) is 6.58. The van der Waals surface area contributed by atoms with Crippen LogP contribution in [0.1, 0.15) is 49.8 Å². The summed E-state index contributed by atoms with van der Waals surface area (Å²) in [7, 11) is 6.51. The van der Waals surface area contributed by atoms with Gasteiger partial charge in [0.2, 0.25) is 0 Å². The van der Waals surface area contributed by atoms with Crippen molar-refractivity contribution in [2.75, 3.05) is 26.5 Å². The molecule has 2 N–H and O–H groups in total. The average molecular weight is 424 g/mol. The van der Waals surface area contributed by atoms with E-state index in [9.17, 15) is 9.59 Å². The van der Waals surface area contributed by atoms with Gasteiger partial charge in [-0.2, -0.15) is 5.10 Å². The van der Waals surface area contributed by atoms with Crippen molar-refractivity contribution in [1.29, 1.82) is 0 Å². The summed E-state index contributed by atoms with van der Waals surface area (Å²) < 4.78 is 6.68. The molecule has 28 heavy (non-hydrogen) atoms. The molecular formula is C18H25N5O3S2. The van der Waals surface area contributed by atoms with Crippen LogP contribution >= 0.6 is 23.6 Å². The molecule has 1 amide bonds. The molecule has 0 aliphatic heterocycles. The molecule has 1 unspecified atom stereocenters. The quantitative estimate of drug-likeness (QED) is 0.564. The Bertz CT molecular complexity index is 917. The molecule has 8 nitrogen and oxygen atoms in total. The van der Waals surface area contributed by atoms with Crippen molar-refractivity contribution in [2.45, 2.75) is 26.8 Å². The Morgan fingerprint density at radius 1 is 1.36 bits per heavy atom. The van der Waals surface area contributed by atoms with Crippen molar-refractivity contribution < 1.29 is 14.3 Å². The SMILES string of the molecule is COC(=O)c1c(NC(=S)NC(C)c2cnn(C)c2C)sc(C(=O)N(C)C)c1C. The molecule has 0 saturated carbocycles. The van der Waals surface area contributed by atoms with Gasteiger partial charge in [-0.25, -0.2) is 4.79 Å². The lowest BCUT2D eigenvalue weighted by Gasteiger charge is -2.17. The van der Waals surface area contributed by atoms with E-state index in [0.717, 1.165) is 11.3 Å². The molecule has 2 aromatic rings. The second kappa shape index (κ2) is 8.70. The molecule has 1 atom stereocenters. The number of hydrogen-bond acceptors (Lipinski definition) is 6. The number of rotatable bonds is 5. The highest BCUT2D eigenvalue weighted by atomic mass is 32.1. The van der Waals surface area contributed by atoms with E-state index in [4.69, 9.17) is 17.0 Å². The number of methoxy groups -OCH3 is 1. The number of anilines is 1. The van der Waals surface area contributed by atoms with E-state index in [-0.39, 0.29) is 11.9 Å². The van der Waals surface area contributed by atoms with Crippen LogP contribution in [0, 0.1) is 13.8 Å². The Balaban J connectivity index is 2.27. The number of nitrogens with zero attached hydrogens (tertiary/aromatic N) is 3. The summed E-state index contributed by atoms with van der Waals surface area (Å²) in [6.45, 7) is 5.68. The smallest absolute Gasteiger partial charge is 0.341 e. The number of aryl methyl sites for hydroxylation is 1. The van der Waals surface area contributed by atoms with Gasteiger partial charge in [0, 0.05) is 32.4 Å². The van der Waals surface area contributed by atoms with Crippen LogP contribution in [0.3, 0.4) is 0 Å². The van der Waals surface area contributed by atoms with Crippen molar-refractivity contribution in [2.24, 2.45) is 7.05 Å². The Kier molecular flexibility index (Phi) is 6.78. The van der Waals surface area contributed by atoms with Gasteiger partial charge in [0.1, 0.15) is 5.00 Å². The van der Waals surface area contributed by atoms with E-state index >= 15 is 0 Å². The fourth-order valence-electron chi connectivity index (χ4n) is 2.71. The van der Waals surface area contributed by atoms with E-state index in [2.05, 4.69) is 15.7 Å². The van der Waals surface area contributed by atoms with Gasteiger partial charge >= 0.3 is 5.97 Å². The Hall–Kier alpha value is -2.46. The Morgan fingerprint density at radius 2 is 2.00 bits per heavy atom. The fourth-order valence-corrected chi connectivity index (χ4v) is 4.28. The third-order valence-electron chi connectivity index (χ3n) is 4.45. The van der Waals surface area contributed by atoms with Gasteiger partial charge in [-0.15, -0.1) is 11.3 Å². The molecule has 0 aromatic carbocycles. The van der Waals surface area contributed by atoms with Gasteiger partial charge in [0.15, 0.2) is 5.11 Å². The first-order chi connectivity index (χ1) is 13.1. The van der Waals surface area contributed by atoms with E-state index in [1.54, 1.807) is 31.9 Å². The number of esters is 1. The number of aromatic nitrogens is 2. The highest BCUT2D eigenvalue weighted by Gasteiger charge is 2.26. The van der Waals surface area contributed by atoms with Gasteiger partial charge in [-0.3, -0.25) is 9.48 Å². The minimum Gasteiger partial charge on any atom is -0.465 e. The van der Waals surface area contributed by atoms with Crippen LogP contribution in [0.15, 0.2) is 6.20 Å². The number of thiophene rings is 1. The maximum absolute atomic E-state index is 12.4. The van der Waals surface area contributed by atoms with E-state index < -0.39 is 5.97 Å². The van der Waals surface area contributed by atoms with Crippen LogP contribution in [0.25, 0.3) is 0 Å². The zero-order chi connectivity index (χ0) is 21.2. The molecule has 10 heteroatoms.